The Kier molecular flexibility index (Phi) is 4.47. The Hall–Kier alpha value is -2.08. The molecule has 0 aliphatic heterocycles. The van der Waals surface area contributed by atoms with Crippen molar-refractivity contribution >= 4 is 17.5 Å². The monoisotopic (exact) mass is 237 g/mol. The minimum Gasteiger partial charge on any atom is -0.484 e. The van der Waals surface area contributed by atoms with Crippen LogP contribution in [0.4, 0.5) is 5.69 Å². The highest BCUT2D eigenvalue weighted by Gasteiger charge is 2.07. The average Bonchev–Trinajstić information content (AvgIpc) is 2.28. The second-order valence-electron chi connectivity index (χ2n) is 3.56. The maximum atomic E-state index is 11.3. The van der Waals surface area contributed by atoms with Crippen molar-refractivity contribution in [1.29, 1.82) is 0 Å². The van der Waals surface area contributed by atoms with E-state index in [0.29, 0.717) is 11.4 Å². The van der Waals surface area contributed by atoms with Crippen LogP contribution in [-0.2, 0) is 9.59 Å². The molecule has 1 aromatic rings. The van der Waals surface area contributed by atoms with Gasteiger partial charge >= 0.3 is 0 Å². The fraction of sp³-hybridized carbons (Fsp3) is 0.273. The first kappa shape index (κ1) is 13.0. The van der Waals surface area contributed by atoms with Gasteiger partial charge in [-0.15, -0.1) is 0 Å². The number of carbonyl (C=O) groups is 2. The summed E-state index contributed by atoms with van der Waals surface area (Å²) in [6.45, 7) is 1.42. The third-order valence-electron chi connectivity index (χ3n) is 1.92. The summed E-state index contributed by atoms with van der Waals surface area (Å²) >= 11 is 0. The normalized spacial score (nSPS) is 11.6. The highest BCUT2D eigenvalue weighted by Crippen LogP contribution is 2.15. The Labute approximate surface area is 98.9 Å². The molecule has 0 aromatic heterocycles. The zero-order valence-corrected chi connectivity index (χ0v) is 9.47. The lowest BCUT2D eigenvalue weighted by molar-refractivity contribution is -0.120. The second-order valence-corrected chi connectivity index (χ2v) is 3.56. The molecule has 5 N–H and O–H groups in total. The Morgan fingerprint density at radius 2 is 1.94 bits per heavy atom. The van der Waals surface area contributed by atoms with Gasteiger partial charge in [0.25, 0.3) is 5.91 Å². The number of nitrogens with two attached hydrogens (primary N) is 2. The van der Waals surface area contributed by atoms with Gasteiger partial charge in [0, 0.05) is 5.69 Å². The third-order valence-corrected chi connectivity index (χ3v) is 1.92. The highest BCUT2D eigenvalue weighted by atomic mass is 16.5. The van der Waals surface area contributed by atoms with Crippen LogP contribution in [0.15, 0.2) is 24.3 Å². The van der Waals surface area contributed by atoms with Gasteiger partial charge in [-0.1, -0.05) is 0 Å². The minimum absolute atomic E-state index is 0.175. The molecule has 6 heteroatoms. The number of anilines is 1. The van der Waals surface area contributed by atoms with Gasteiger partial charge in [-0.05, 0) is 31.2 Å². The van der Waals surface area contributed by atoms with Crippen LogP contribution in [0.1, 0.15) is 6.92 Å². The van der Waals surface area contributed by atoms with Crippen molar-refractivity contribution in [2.24, 2.45) is 11.5 Å². The summed E-state index contributed by atoms with van der Waals surface area (Å²) in [5, 5.41) is 2.62. The van der Waals surface area contributed by atoms with E-state index in [2.05, 4.69) is 5.32 Å². The molecule has 0 fully saturated rings. The van der Waals surface area contributed by atoms with Crippen LogP contribution in [0.2, 0.25) is 0 Å². The van der Waals surface area contributed by atoms with Crippen LogP contribution >= 0.6 is 0 Å². The molecular weight excluding hydrogens is 222 g/mol. The van der Waals surface area contributed by atoms with E-state index in [9.17, 15) is 9.59 Å². The summed E-state index contributed by atoms with van der Waals surface area (Å²) in [5.41, 5.74) is 11.0. The molecular formula is C11H15N3O3. The van der Waals surface area contributed by atoms with Gasteiger partial charge in [-0.2, -0.15) is 0 Å². The first-order valence-electron chi connectivity index (χ1n) is 5.06. The number of rotatable bonds is 5. The lowest BCUT2D eigenvalue weighted by Crippen LogP contribution is -2.32. The first-order chi connectivity index (χ1) is 7.99. The van der Waals surface area contributed by atoms with Gasteiger partial charge < -0.3 is 21.5 Å². The van der Waals surface area contributed by atoms with Crippen molar-refractivity contribution in [3.8, 4) is 5.75 Å². The highest BCUT2D eigenvalue weighted by molar-refractivity contribution is 5.94. The number of primary amides is 1. The Morgan fingerprint density at radius 3 is 2.41 bits per heavy atom. The van der Waals surface area contributed by atoms with E-state index in [1.54, 1.807) is 31.2 Å². The minimum atomic E-state index is -0.569. The molecule has 0 unspecified atom stereocenters. The zero-order valence-electron chi connectivity index (χ0n) is 9.47. The maximum Gasteiger partial charge on any atom is 0.255 e. The molecule has 0 bridgehead atoms. The van der Waals surface area contributed by atoms with Crippen LogP contribution in [0.5, 0.6) is 5.75 Å². The van der Waals surface area contributed by atoms with Crippen LogP contribution in [0, 0.1) is 0 Å². The van der Waals surface area contributed by atoms with E-state index in [4.69, 9.17) is 16.2 Å². The molecule has 0 aliphatic carbocycles. The molecule has 17 heavy (non-hydrogen) atoms. The molecule has 0 spiro atoms. The summed E-state index contributed by atoms with van der Waals surface area (Å²) in [6.07, 6.45) is 0. The maximum absolute atomic E-state index is 11.3. The number of hydrogen-bond acceptors (Lipinski definition) is 4. The first-order valence-corrected chi connectivity index (χ1v) is 5.06. The van der Waals surface area contributed by atoms with E-state index >= 15 is 0 Å². The molecule has 1 rings (SSSR count). The Balaban J connectivity index is 2.56. The number of carbonyl (C=O) groups excluding carboxylic acids is 2. The summed E-state index contributed by atoms with van der Waals surface area (Å²) in [7, 11) is 0. The van der Waals surface area contributed by atoms with E-state index in [1.165, 1.54) is 0 Å². The van der Waals surface area contributed by atoms with Crippen molar-refractivity contribution in [2.45, 2.75) is 13.0 Å². The van der Waals surface area contributed by atoms with Gasteiger partial charge in [-0.3, -0.25) is 9.59 Å². The molecule has 6 nitrogen and oxygen atoms in total. The van der Waals surface area contributed by atoms with Gasteiger partial charge in [0.15, 0.2) is 6.61 Å². The fourth-order valence-electron chi connectivity index (χ4n) is 1.05. The van der Waals surface area contributed by atoms with Crippen LogP contribution in [0.3, 0.4) is 0 Å². The van der Waals surface area contributed by atoms with E-state index in [0.717, 1.165) is 0 Å². The topological polar surface area (TPSA) is 107 Å². The smallest absolute Gasteiger partial charge is 0.255 e. The third kappa shape index (κ3) is 4.52. The second kappa shape index (κ2) is 5.86. The van der Waals surface area contributed by atoms with Gasteiger partial charge in [0.2, 0.25) is 5.91 Å². The van der Waals surface area contributed by atoms with Crippen LogP contribution < -0.4 is 21.5 Å². The fourth-order valence-corrected chi connectivity index (χ4v) is 1.05. The quantitative estimate of drug-likeness (QED) is 0.661. The average molecular weight is 237 g/mol. The summed E-state index contributed by atoms with van der Waals surface area (Å²) < 4.78 is 5.06. The number of amides is 2. The lowest BCUT2D eigenvalue weighted by Gasteiger charge is -2.08. The van der Waals surface area contributed by atoms with Crippen LogP contribution in [0.25, 0.3) is 0 Å². The molecule has 0 saturated heterocycles. The lowest BCUT2D eigenvalue weighted by atomic mass is 10.2. The Morgan fingerprint density at radius 1 is 1.35 bits per heavy atom. The molecule has 92 valence electrons. The number of nitrogens with one attached hydrogen (secondary N) is 1. The van der Waals surface area contributed by atoms with Gasteiger partial charge in [-0.25, -0.2) is 0 Å². The predicted octanol–water partition coefficient (Wildman–Crippen LogP) is -0.164. The predicted molar refractivity (Wildman–Crippen MR) is 63.4 cm³/mol. The Bertz CT molecular complexity index is 401. The number of ether oxygens (including phenoxy) is 1. The zero-order chi connectivity index (χ0) is 12.8. The van der Waals surface area contributed by atoms with Crippen molar-refractivity contribution in [1.82, 2.24) is 0 Å². The molecule has 2 amide bonds. The molecule has 1 aromatic carbocycles. The van der Waals surface area contributed by atoms with E-state index in [1.807, 2.05) is 0 Å². The standard InChI is InChI=1S/C11H15N3O3/c1-7(12)11(16)14-8-2-4-9(5-3-8)17-6-10(13)15/h2-5,7H,6,12H2,1H3,(H2,13,15)(H,14,16)/t7-/m1/s1. The van der Waals surface area contributed by atoms with Crippen molar-refractivity contribution in [3.63, 3.8) is 0 Å². The van der Waals surface area contributed by atoms with Gasteiger partial charge in [0.1, 0.15) is 5.75 Å². The molecule has 0 aliphatic rings. The molecule has 0 saturated carbocycles. The molecule has 0 radical (unpaired) electrons. The van der Waals surface area contributed by atoms with E-state index < -0.39 is 11.9 Å². The van der Waals surface area contributed by atoms with E-state index in [-0.39, 0.29) is 12.5 Å². The largest absolute Gasteiger partial charge is 0.484 e. The number of benzene rings is 1. The van der Waals surface area contributed by atoms with Gasteiger partial charge in [0.05, 0.1) is 6.04 Å². The molecule has 0 heterocycles. The number of hydrogen-bond donors (Lipinski definition) is 3. The summed E-state index contributed by atoms with van der Waals surface area (Å²) in [6, 6.07) is 5.98. The molecule has 1 atom stereocenters. The van der Waals surface area contributed by atoms with Crippen molar-refractivity contribution in [3.05, 3.63) is 24.3 Å². The summed E-state index contributed by atoms with van der Waals surface area (Å²) in [4.78, 5) is 21.8. The SMILES string of the molecule is C[C@@H](N)C(=O)Nc1ccc(OCC(N)=O)cc1. The summed E-state index contributed by atoms with van der Waals surface area (Å²) in [5.74, 6) is -0.308. The van der Waals surface area contributed by atoms with Crippen molar-refractivity contribution in [2.75, 3.05) is 11.9 Å². The van der Waals surface area contributed by atoms with Crippen molar-refractivity contribution < 1.29 is 14.3 Å². The van der Waals surface area contributed by atoms with Crippen LogP contribution in [-0.4, -0.2) is 24.5 Å².